The largest absolute Gasteiger partial charge is 0.508 e. The van der Waals surface area contributed by atoms with Gasteiger partial charge in [-0.1, -0.05) is 42.5 Å². The van der Waals surface area contributed by atoms with Crippen LogP contribution in [0.15, 0.2) is 66.3 Å². The number of aromatic hydroxyl groups is 1. The lowest BCUT2D eigenvalue weighted by Gasteiger charge is -2.30. The van der Waals surface area contributed by atoms with Crippen LogP contribution in [0.1, 0.15) is 27.9 Å². The lowest BCUT2D eigenvalue weighted by Crippen LogP contribution is -2.43. The zero-order valence-corrected chi connectivity index (χ0v) is 18.6. The number of aliphatic hydroxyl groups is 1. The number of phenols is 1. The molecular weight excluding hydrogens is 438 g/mol. The summed E-state index contributed by atoms with van der Waals surface area (Å²) in [6.45, 7) is 0.0271. The van der Waals surface area contributed by atoms with Crippen LogP contribution < -0.4 is 5.32 Å². The highest BCUT2D eigenvalue weighted by atomic mass is 16.7. The number of hydrogen-bond donors (Lipinski definition) is 3. The lowest BCUT2D eigenvalue weighted by molar-refractivity contribution is -0.118. The maximum absolute atomic E-state index is 12.9. The minimum absolute atomic E-state index is 0.0582. The smallest absolute Gasteiger partial charge is 0.338 e. The molecule has 0 aromatic heterocycles. The van der Waals surface area contributed by atoms with Gasteiger partial charge < -0.3 is 29.7 Å². The minimum Gasteiger partial charge on any atom is -0.508 e. The molecule has 1 aliphatic heterocycles. The van der Waals surface area contributed by atoms with Crippen LogP contribution in [-0.4, -0.2) is 60.3 Å². The molecule has 8 heteroatoms. The normalized spacial score (nSPS) is 21.7. The highest BCUT2D eigenvalue weighted by Crippen LogP contribution is 2.30. The fourth-order valence-electron chi connectivity index (χ4n) is 3.99. The van der Waals surface area contributed by atoms with Crippen LogP contribution in [0, 0.1) is 0 Å². The number of para-hydroxylation sites is 1. The number of benzene rings is 2. The predicted molar refractivity (Wildman–Crippen MR) is 124 cm³/mol. The molecule has 2 aromatic rings. The van der Waals surface area contributed by atoms with Gasteiger partial charge in [0.15, 0.2) is 0 Å². The molecule has 178 valence electrons. The van der Waals surface area contributed by atoms with Crippen LogP contribution in [-0.2, 0) is 25.4 Å². The number of esters is 1. The van der Waals surface area contributed by atoms with Crippen LogP contribution in [0.4, 0.5) is 0 Å². The van der Waals surface area contributed by atoms with Gasteiger partial charge >= 0.3 is 5.97 Å². The van der Waals surface area contributed by atoms with Crippen LogP contribution >= 0.6 is 0 Å². The first kappa shape index (κ1) is 23.7. The molecular formula is C26H27NO7. The summed E-state index contributed by atoms with van der Waals surface area (Å²) in [5.41, 5.74) is 2.43. The number of phenolic OH excluding ortho intramolecular Hbond substituents is 1. The van der Waals surface area contributed by atoms with Gasteiger partial charge in [0.25, 0.3) is 0 Å². The van der Waals surface area contributed by atoms with E-state index in [2.05, 4.69) is 5.32 Å². The number of fused-ring (bicyclic) bond motifs is 1. The van der Waals surface area contributed by atoms with Crippen LogP contribution in [0.25, 0.3) is 6.08 Å². The number of ether oxygens (including phenoxy) is 3. The Morgan fingerprint density at radius 1 is 1.15 bits per heavy atom. The van der Waals surface area contributed by atoms with Crippen molar-refractivity contribution in [3.05, 3.63) is 82.9 Å². The van der Waals surface area contributed by atoms with Gasteiger partial charge in [0.2, 0.25) is 5.91 Å². The van der Waals surface area contributed by atoms with E-state index in [1.807, 2.05) is 30.4 Å². The molecule has 1 aliphatic carbocycles. The monoisotopic (exact) mass is 465 g/mol. The highest BCUT2D eigenvalue weighted by Gasteiger charge is 2.42. The van der Waals surface area contributed by atoms with Crippen LogP contribution in [0.3, 0.4) is 0 Å². The first-order valence-electron chi connectivity index (χ1n) is 11.1. The van der Waals surface area contributed by atoms with Gasteiger partial charge in [0.05, 0.1) is 12.2 Å². The van der Waals surface area contributed by atoms with E-state index in [9.17, 15) is 14.7 Å². The average Bonchev–Trinajstić information content (AvgIpc) is 3.33. The summed E-state index contributed by atoms with van der Waals surface area (Å²) >= 11 is 0. The number of rotatable bonds is 8. The van der Waals surface area contributed by atoms with Crippen molar-refractivity contribution in [2.75, 3.05) is 19.9 Å². The summed E-state index contributed by atoms with van der Waals surface area (Å²) in [6, 6.07) is 14.2. The summed E-state index contributed by atoms with van der Waals surface area (Å²) < 4.78 is 16.9. The van der Waals surface area contributed by atoms with E-state index < -0.39 is 24.3 Å². The van der Waals surface area contributed by atoms with E-state index in [4.69, 9.17) is 19.3 Å². The molecule has 1 fully saturated rings. The zero-order chi connectivity index (χ0) is 23.9. The third-order valence-corrected chi connectivity index (χ3v) is 5.71. The summed E-state index contributed by atoms with van der Waals surface area (Å²) in [5.74, 6) is -0.611. The van der Waals surface area contributed by atoms with Crippen LogP contribution in [0.5, 0.6) is 5.75 Å². The van der Waals surface area contributed by atoms with Crippen molar-refractivity contribution in [2.45, 2.75) is 31.2 Å². The molecule has 3 N–H and O–H groups in total. The van der Waals surface area contributed by atoms with Crippen molar-refractivity contribution in [1.82, 2.24) is 5.32 Å². The molecule has 1 heterocycles. The number of carbonyl (C=O) groups is 2. The third-order valence-electron chi connectivity index (χ3n) is 5.71. The van der Waals surface area contributed by atoms with E-state index in [1.54, 1.807) is 36.4 Å². The summed E-state index contributed by atoms with van der Waals surface area (Å²) in [4.78, 5) is 25.3. The molecule has 3 atom stereocenters. The molecule has 0 saturated carbocycles. The standard InChI is InChI=1S/C26H27NO7/c28-12-11-27-25(30)20-14-22-24(33-16-32-22)23(15-20)34-26(31)19-9-4-6-17(13-19)5-3-8-18-7-1-2-10-21(18)29/h1-7,9-10,13-14,22-24,28-29H,8,11-12,15-16H2,(H,27,30). The second-order valence-electron chi connectivity index (χ2n) is 8.06. The second-order valence-corrected chi connectivity index (χ2v) is 8.06. The van der Waals surface area contributed by atoms with Crippen molar-refractivity contribution < 1.29 is 34.0 Å². The summed E-state index contributed by atoms with van der Waals surface area (Å²) in [6.07, 6.45) is 4.57. The maximum atomic E-state index is 12.9. The lowest BCUT2D eigenvalue weighted by atomic mass is 9.91. The minimum atomic E-state index is -0.680. The van der Waals surface area contributed by atoms with Crippen molar-refractivity contribution in [1.29, 1.82) is 0 Å². The number of hydrogen-bond acceptors (Lipinski definition) is 7. The van der Waals surface area contributed by atoms with E-state index in [0.717, 1.165) is 11.1 Å². The molecule has 8 nitrogen and oxygen atoms in total. The summed E-state index contributed by atoms with van der Waals surface area (Å²) in [7, 11) is 0. The molecule has 2 aliphatic rings. The molecule has 1 amide bonds. The Bertz CT molecular complexity index is 1090. The van der Waals surface area contributed by atoms with E-state index in [-0.39, 0.29) is 38.0 Å². The van der Waals surface area contributed by atoms with Gasteiger partial charge in [0, 0.05) is 18.5 Å². The fraction of sp³-hybridized carbons (Fsp3) is 0.308. The topological polar surface area (TPSA) is 114 Å². The fourth-order valence-corrected chi connectivity index (χ4v) is 3.99. The van der Waals surface area contributed by atoms with Crippen molar-refractivity contribution >= 4 is 18.0 Å². The molecule has 0 radical (unpaired) electrons. The second kappa shape index (κ2) is 11.1. The Kier molecular flexibility index (Phi) is 7.74. The molecule has 0 spiro atoms. The number of carbonyl (C=O) groups excluding carboxylic acids is 2. The van der Waals surface area contributed by atoms with Crippen LogP contribution in [0.2, 0.25) is 0 Å². The number of aliphatic hydroxyl groups excluding tert-OH is 1. The van der Waals surface area contributed by atoms with E-state index >= 15 is 0 Å². The quantitative estimate of drug-likeness (QED) is 0.513. The van der Waals surface area contributed by atoms with Gasteiger partial charge in [-0.05, 0) is 41.8 Å². The Hall–Kier alpha value is -3.46. The van der Waals surface area contributed by atoms with Crippen molar-refractivity contribution in [3.63, 3.8) is 0 Å². The third kappa shape index (κ3) is 5.72. The molecule has 4 rings (SSSR count). The first-order valence-corrected chi connectivity index (χ1v) is 11.1. The Labute approximate surface area is 197 Å². The highest BCUT2D eigenvalue weighted by molar-refractivity contribution is 5.94. The van der Waals surface area contributed by atoms with Gasteiger partial charge in [-0.25, -0.2) is 4.79 Å². The zero-order valence-electron chi connectivity index (χ0n) is 18.6. The maximum Gasteiger partial charge on any atom is 0.338 e. The van der Waals surface area contributed by atoms with Gasteiger partial charge in [-0.15, -0.1) is 0 Å². The number of allylic oxidation sites excluding steroid dienone is 1. The summed E-state index contributed by atoms with van der Waals surface area (Å²) in [5, 5.41) is 21.4. The van der Waals surface area contributed by atoms with Crippen molar-refractivity contribution in [2.24, 2.45) is 0 Å². The molecule has 1 saturated heterocycles. The van der Waals surface area contributed by atoms with Gasteiger partial charge in [-0.3, -0.25) is 4.79 Å². The Morgan fingerprint density at radius 3 is 2.82 bits per heavy atom. The molecule has 0 bridgehead atoms. The van der Waals surface area contributed by atoms with Crippen molar-refractivity contribution in [3.8, 4) is 5.75 Å². The Balaban J connectivity index is 1.42. The number of nitrogens with one attached hydrogen (secondary N) is 1. The molecule has 34 heavy (non-hydrogen) atoms. The molecule has 3 unspecified atom stereocenters. The average molecular weight is 466 g/mol. The first-order chi connectivity index (χ1) is 16.5. The molecule has 2 aromatic carbocycles. The van der Waals surface area contributed by atoms with Gasteiger partial charge in [-0.2, -0.15) is 0 Å². The van der Waals surface area contributed by atoms with E-state index in [1.165, 1.54) is 0 Å². The Morgan fingerprint density at radius 2 is 2.00 bits per heavy atom. The number of amides is 1. The predicted octanol–water partition coefficient (Wildman–Crippen LogP) is 2.35. The van der Waals surface area contributed by atoms with E-state index in [0.29, 0.717) is 17.6 Å². The van der Waals surface area contributed by atoms with Gasteiger partial charge in [0.1, 0.15) is 30.9 Å². The SMILES string of the molecule is O=C(NCCO)C1=CC2OCOC2C(OC(=O)c2cccc(C=CCc3ccccc3O)c2)C1.